The van der Waals surface area contributed by atoms with E-state index in [0.717, 1.165) is 11.8 Å². The average molecular weight is 289 g/mol. The van der Waals surface area contributed by atoms with E-state index in [0.29, 0.717) is 12.1 Å². The van der Waals surface area contributed by atoms with E-state index in [1.165, 1.54) is 6.20 Å². The number of hydrogen-bond acceptors (Lipinski definition) is 4. The molecule has 1 aromatic rings. The van der Waals surface area contributed by atoms with Gasteiger partial charge in [-0.3, -0.25) is 9.59 Å². The highest BCUT2D eigenvalue weighted by molar-refractivity contribution is 8.01. The smallest absolute Gasteiger partial charge is 0.316 e. The van der Waals surface area contributed by atoms with Crippen molar-refractivity contribution in [2.75, 3.05) is 11.1 Å². The molecule has 0 radical (unpaired) electrons. The molecule has 1 rings (SSSR count). The van der Waals surface area contributed by atoms with E-state index in [1.54, 1.807) is 19.1 Å². The summed E-state index contributed by atoms with van der Waals surface area (Å²) in [5.41, 5.74) is 0.424. The lowest BCUT2D eigenvalue weighted by Gasteiger charge is -2.09. The number of hydrogen-bond donors (Lipinski definition) is 2. The molecule has 0 aromatic carbocycles. The van der Waals surface area contributed by atoms with E-state index in [1.807, 2.05) is 0 Å². The fraction of sp³-hybridized carbons (Fsp3) is 0.364. The van der Waals surface area contributed by atoms with Crippen LogP contribution in [0.5, 0.6) is 0 Å². The zero-order valence-electron chi connectivity index (χ0n) is 9.72. The van der Waals surface area contributed by atoms with Gasteiger partial charge in [-0.25, -0.2) is 4.98 Å². The summed E-state index contributed by atoms with van der Waals surface area (Å²) in [7, 11) is 0. The summed E-state index contributed by atoms with van der Waals surface area (Å²) < 4.78 is 0. The molecule has 0 saturated heterocycles. The Morgan fingerprint density at radius 3 is 2.89 bits per heavy atom. The van der Waals surface area contributed by atoms with Crippen LogP contribution in [0.3, 0.4) is 0 Å². The van der Waals surface area contributed by atoms with E-state index in [4.69, 9.17) is 16.7 Å². The lowest BCUT2D eigenvalue weighted by molar-refractivity contribution is -0.136. The van der Waals surface area contributed by atoms with Crippen molar-refractivity contribution in [3.63, 3.8) is 0 Å². The predicted octanol–water partition coefficient (Wildman–Crippen LogP) is 2.27. The molecule has 0 aliphatic rings. The second kappa shape index (κ2) is 7.23. The number of carbonyl (C=O) groups is 2. The number of aliphatic carboxylic acids is 1. The molecule has 18 heavy (non-hydrogen) atoms. The van der Waals surface area contributed by atoms with Crippen molar-refractivity contribution >= 4 is 40.9 Å². The van der Waals surface area contributed by atoms with Gasteiger partial charge in [0.2, 0.25) is 5.91 Å². The van der Waals surface area contributed by atoms with E-state index >= 15 is 0 Å². The number of carbonyl (C=O) groups excluding carboxylic acids is 1. The van der Waals surface area contributed by atoms with E-state index in [9.17, 15) is 9.59 Å². The van der Waals surface area contributed by atoms with Crippen molar-refractivity contribution in [1.29, 1.82) is 0 Å². The first-order valence-corrected chi connectivity index (χ1v) is 6.72. The normalized spacial score (nSPS) is 11.9. The zero-order chi connectivity index (χ0) is 13.5. The third-order valence-corrected chi connectivity index (χ3v) is 3.76. The van der Waals surface area contributed by atoms with E-state index in [-0.39, 0.29) is 16.8 Å². The zero-order valence-corrected chi connectivity index (χ0v) is 11.3. The lowest BCUT2D eigenvalue weighted by Crippen LogP contribution is -2.21. The van der Waals surface area contributed by atoms with Gasteiger partial charge in [0.15, 0.2) is 5.15 Å². The van der Waals surface area contributed by atoms with Crippen LogP contribution in [-0.4, -0.2) is 33.0 Å². The van der Waals surface area contributed by atoms with Gasteiger partial charge in [0.05, 0.1) is 11.4 Å². The maximum atomic E-state index is 11.6. The fourth-order valence-electron chi connectivity index (χ4n) is 1.21. The molecule has 5 nitrogen and oxygen atoms in total. The van der Waals surface area contributed by atoms with Crippen LogP contribution in [0.4, 0.5) is 5.69 Å². The number of carboxylic acids is 1. The van der Waals surface area contributed by atoms with Crippen molar-refractivity contribution < 1.29 is 14.7 Å². The summed E-state index contributed by atoms with van der Waals surface area (Å²) in [5.74, 6) is -1.14. The molecule has 0 spiro atoms. The van der Waals surface area contributed by atoms with Crippen molar-refractivity contribution in [3.05, 3.63) is 23.5 Å². The van der Waals surface area contributed by atoms with Crippen LogP contribution >= 0.6 is 23.4 Å². The molecule has 98 valence electrons. The van der Waals surface area contributed by atoms with Crippen LogP contribution in [0.1, 0.15) is 13.3 Å². The van der Waals surface area contributed by atoms with Crippen LogP contribution in [-0.2, 0) is 9.59 Å². The van der Waals surface area contributed by atoms with Crippen molar-refractivity contribution in [2.24, 2.45) is 0 Å². The Bertz CT molecular complexity index is 442. The minimum atomic E-state index is -0.908. The number of amides is 1. The molecular formula is C11H13ClN2O3S. The van der Waals surface area contributed by atoms with Gasteiger partial charge < -0.3 is 10.4 Å². The third kappa shape index (κ3) is 4.54. The van der Waals surface area contributed by atoms with Gasteiger partial charge >= 0.3 is 5.97 Å². The van der Waals surface area contributed by atoms with Crippen LogP contribution in [0, 0.1) is 0 Å². The van der Waals surface area contributed by atoms with Crippen LogP contribution < -0.4 is 5.32 Å². The summed E-state index contributed by atoms with van der Waals surface area (Å²) in [6, 6.07) is 3.28. The van der Waals surface area contributed by atoms with Gasteiger partial charge in [-0.2, -0.15) is 0 Å². The predicted molar refractivity (Wildman–Crippen MR) is 72.0 cm³/mol. The first-order chi connectivity index (χ1) is 8.54. The molecule has 2 N–H and O–H groups in total. The average Bonchev–Trinajstić information content (AvgIpc) is 2.32. The highest BCUT2D eigenvalue weighted by Gasteiger charge is 2.17. The molecule has 0 bridgehead atoms. The molecule has 1 unspecified atom stereocenters. The molecule has 1 aromatic heterocycles. The number of rotatable bonds is 6. The van der Waals surface area contributed by atoms with Gasteiger partial charge in [-0.15, -0.1) is 11.8 Å². The summed E-state index contributed by atoms with van der Waals surface area (Å²) in [4.78, 5) is 26.2. The third-order valence-electron chi connectivity index (χ3n) is 2.10. The highest BCUT2D eigenvalue weighted by atomic mass is 35.5. The summed E-state index contributed by atoms with van der Waals surface area (Å²) >= 11 is 6.87. The van der Waals surface area contributed by atoms with Gasteiger partial charge in [-0.1, -0.05) is 18.5 Å². The number of carboxylic acid groups (broad SMARTS) is 1. The Morgan fingerprint density at radius 1 is 1.61 bits per heavy atom. The molecule has 1 heterocycles. The number of nitrogens with zero attached hydrogens (tertiary/aromatic N) is 1. The van der Waals surface area contributed by atoms with Crippen LogP contribution in [0.15, 0.2) is 18.3 Å². The topological polar surface area (TPSA) is 79.3 Å². The van der Waals surface area contributed by atoms with Crippen LogP contribution in [0.25, 0.3) is 0 Å². The molecule has 0 aliphatic heterocycles. The quantitative estimate of drug-likeness (QED) is 0.785. The second-order valence-electron chi connectivity index (χ2n) is 3.44. The fourth-order valence-corrected chi connectivity index (χ4v) is 2.18. The largest absolute Gasteiger partial charge is 0.480 e. The van der Waals surface area contributed by atoms with Crippen LogP contribution in [0.2, 0.25) is 5.15 Å². The first kappa shape index (κ1) is 14.8. The molecule has 0 aliphatic carbocycles. The van der Waals surface area contributed by atoms with Crippen molar-refractivity contribution in [3.8, 4) is 0 Å². The minimum Gasteiger partial charge on any atom is -0.480 e. The SMILES string of the molecule is CCC(SCC(=O)Nc1cccnc1Cl)C(=O)O. The Hall–Kier alpha value is -1.27. The number of nitrogens with one attached hydrogen (secondary N) is 1. The number of halogens is 1. The first-order valence-electron chi connectivity index (χ1n) is 5.29. The Morgan fingerprint density at radius 2 is 2.33 bits per heavy atom. The molecule has 1 amide bonds. The number of anilines is 1. The van der Waals surface area contributed by atoms with Crippen molar-refractivity contribution in [1.82, 2.24) is 4.98 Å². The minimum absolute atomic E-state index is 0.0655. The molecule has 0 saturated carbocycles. The molecular weight excluding hydrogens is 276 g/mol. The summed E-state index contributed by atoms with van der Waals surface area (Å²) in [6.45, 7) is 1.77. The summed E-state index contributed by atoms with van der Waals surface area (Å²) in [6.07, 6.45) is 1.99. The molecule has 1 atom stereocenters. The lowest BCUT2D eigenvalue weighted by atomic mass is 10.3. The van der Waals surface area contributed by atoms with E-state index in [2.05, 4.69) is 10.3 Å². The standard InChI is InChI=1S/C11H13ClN2O3S/c1-2-8(11(16)17)18-6-9(15)14-7-4-3-5-13-10(7)12/h3-5,8H,2,6H2,1H3,(H,14,15)(H,16,17). The molecule has 7 heteroatoms. The highest BCUT2D eigenvalue weighted by Crippen LogP contribution is 2.19. The van der Waals surface area contributed by atoms with E-state index < -0.39 is 11.2 Å². The van der Waals surface area contributed by atoms with Gasteiger partial charge in [0.1, 0.15) is 5.25 Å². The van der Waals surface area contributed by atoms with Gasteiger partial charge in [-0.05, 0) is 18.6 Å². The van der Waals surface area contributed by atoms with Gasteiger partial charge in [0.25, 0.3) is 0 Å². The monoisotopic (exact) mass is 288 g/mol. The molecule has 0 fully saturated rings. The Balaban J connectivity index is 2.48. The second-order valence-corrected chi connectivity index (χ2v) is 4.99. The van der Waals surface area contributed by atoms with Gasteiger partial charge in [0, 0.05) is 6.20 Å². The maximum absolute atomic E-state index is 11.6. The van der Waals surface area contributed by atoms with Crippen molar-refractivity contribution in [2.45, 2.75) is 18.6 Å². The number of pyridine rings is 1. The Kier molecular flexibility index (Phi) is 5.94. The number of aromatic nitrogens is 1. The summed E-state index contributed by atoms with van der Waals surface area (Å²) in [5, 5.41) is 11.1. The maximum Gasteiger partial charge on any atom is 0.316 e. The Labute approximate surface area is 114 Å². The number of thioether (sulfide) groups is 1.